The molecule has 0 saturated carbocycles. The van der Waals surface area contributed by atoms with E-state index in [0.29, 0.717) is 0 Å². The lowest BCUT2D eigenvalue weighted by Crippen LogP contribution is -2.02. The van der Waals surface area contributed by atoms with Gasteiger partial charge in [0, 0.05) is 23.2 Å². The first kappa shape index (κ1) is 14.1. The second kappa shape index (κ2) is 5.96. The molecule has 0 aliphatic carbocycles. The van der Waals surface area contributed by atoms with Crippen molar-refractivity contribution < 1.29 is 0 Å². The van der Waals surface area contributed by atoms with Gasteiger partial charge in [0.2, 0.25) is 0 Å². The molecule has 0 aromatic carbocycles. The summed E-state index contributed by atoms with van der Waals surface area (Å²) in [6.07, 6.45) is 7.41. The molecule has 22 heavy (non-hydrogen) atoms. The van der Waals surface area contributed by atoms with Crippen molar-refractivity contribution in [2.24, 2.45) is 0 Å². The minimum atomic E-state index is 0.959. The summed E-state index contributed by atoms with van der Waals surface area (Å²) in [6, 6.07) is 2.21. The number of thiophene rings is 1. The zero-order chi connectivity index (χ0) is 14.9. The van der Waals surface area contributed by atoms with Crippen LogP contribution >= 0.6 is 23.1 Å². The minimum absolute atomic E-state index is 0.959. The third kappa shape index (κ3) is 2.52. The van der Waals surface area contributed by atoms with Gasteiger partial charge in [-0.15, -0.1) is 21.5 Å². The van der Waals surface area contributed by atoms with Crippen LogP contribution in [0.15, 0.2) is 22.6 Å². The molecule has 114 valence electrons. The van der Waals surface area contributed by atoms with Crippen molar-refractivity contribution in [1.29, 1.82) is 0 Å². The van der Waals surface area contributed by atoms with Crippen molar-refractivity contribution in [3.8, 4) is 0 Å². The molecule has 0 atom stereocenters. The lowest BCUT2D eigenvalue weighted by atomic mass is 10.2. The Morgan fingerprint density at radius 3 is 3.09 bits per heavy atom. The third-order valence-electron chi connectivity index (χ3n) is 3.96. The minimum Gasteiger partial charge on any atom is -0.306 e. The number of nitrogens with zero attached hydrogens (tertiary/aromatic N) is 5. The second-order valence-electron chi connectivity index (χ2n) is 5.43. The van der Waals surface area contributed by atoms with Crippen molar-refractivity contribution in [2.45, 2.75) is 55.8 Å². The molecule has 0 fully saturated rings. The molecule has 0 saturated heterocycles. The lowest BCUT2D eigenvalue weighted by molar-refractivity contribution is 0.591. The van der Waals surface area contributed by atoms with Crippen molar-refractivity contribution >= 4 is 33.3 Å². The van der Waals surface area contributed by atoms with Gasteiger partial charge in [-0.25, -0.2) is 9.97 Å². The number of fused-ring (bicyclic) bond motifs is 2. The van der Waals surface area contributed by atoms with Crippen molar-refractivity contribution in [3.63, 3.8) is 0 Å². The summed E-state index contributed by atoms with van der Waals surface area (Å²) in [5, 5.41) is 11.8. The molecule has 3 aromatic rings. The van der Waals surface area contributed by atoms with Crippen LogP contribution in [0.5, 0.6) is 0 Å². The first-order chi connectivity index (χ1) is 10.8. The monoisotopic (exact) mass is 331 g/mol. The highest BCUT2D eigenvalue weighted by Gasteiger charge is 2.17. The van der Waals surface area contributed by atoms with Gasteiger partial charge < -0.3 is 4.57 Å². The van der Waals surface area contributed by atoms with Gasteiger partial charge in [0.25, 0.3) is 0 Å². The van der Waals surface area contributed by atoms with E-state index in [0.717, 1.165) is 45.6 Å². The van der Waals surface area contributed by atoms with Crippen LogP contribution in [0.2, 0.25) is 0 Å². The third-order valence-corrected chi connectivity index (χ3v) is 6.15. The Kier molecular flexibility index (Phi) is 3.83. The Morgan fingerprint density at radius 2 is 2.18 bits per heavy atom. The molecule has 3 aromatic heterocycles. The Bertz CT molecular complexity index is 807. The van der Waals surface area contributed by atoms with Crippen LogP contribution in [0.1, 0.15) is 36.9 Å². The number of hydrogen-bond donors (Lipinski definition) is 0. The van der Waals surface area contributed by atoms with Crippen LogP contribution in [0.3, 0.4) is 0 Å². The molecular formula is C15H17N5S2. The normalized spacial score (nSPS) is 15.0. The van der Waals surface area contributed by atoms with Gasteiger partial charge in [-0.1, -0.05) is 13.3 Å². The second-order valence-corrected chi connectivity index (χ2v) is 7.50. The van der Waals surface area contributed by atoms with Gasteiger partial charge in [-0.3, -0.25) is 0 Å². The van der Waals surface area contributed by atoms with Crippen molar-refractivity contribution in [3.05, 3.63) is 23.1 Å². The van der Waals surface area contributed by atoms with Crippen LogP contribution in [0, 0.1) is 0 Å². The van der Waals surface area contributed by atoms with E-state index >= 15 is 0 Å². The highest BCUT2D eigenvalue weighted by Crippen LogP contribution is 2.34. The maximum absolute atomic E-state index is 4.48. The molecule has 4 rings (SSSR count). The average Bonchev–Trinajstić information content (AvgIpc) is 3.05. The molecule has 0 N–H and O–H groups in total. The van der Waals surface area contributed by atoms with Gasteiger partial charge in [-0.2, -0.15) is 0 Å². The molecule has 5 nitrogen and oxygen atoms in total. The standard InChI is InChI=1S/C15H17N5S2/c1-2-10-8-11-13(21-10)16-9-17-14(11)22-15-19-18-12-6-4-3-5-7-20(12)15/h8-9H,2-7H2,1H3. The fourth-order valence-electron chi connectivity index (χ4n) is 2.76. The molecule has 0 amide bonds. The molecule has 4 heterocycles. The zero-order valence-corrected chi connectivity index (χ0v) is 14.1. The first-order valence-electron chi connectivity index (χ1n) is 7.68. The Hall–Kier alpha value is -1.47. The van der Waals surface area contributed by atoms with Crippen LogP contribution in [-0.2, 0) is 19.4 Å². The van der Waals surface area contributed by atoms with Crippen LogP contribution < -0.4 is 0 Å². The highest BCUT2D eigenvalue weighted by molar-refractivity contribution is 7.99. The molecule has 0 unspecified atom stereocenters. The quantitative estimate of drug-likeness (QED) is 0.685. The molecule has 1 aliphatic heterocycles. The summed E-state index contributed by atoms with van der Waals surface area (Å²) in [4.78, 5) is 11.3. The van der Waals surface area contributed by atoms with E-state index in [1.165, 1.54) is 24.1 Å². The molecule has 1 aliphatic rings. The van der Waals surface area contributed by atoms with Crippen LogP contribution in [0.25, 0.3) is 10.2 Å². The summed E-state index contributed by atoms with van der Waals surface area (Å²) in [7, 11) is 0. The molecular weight excluding hydrogens is 314 g/mol. The first-order valence-corrected chi connectivity index (χ1v) is 9.32. The average molecular weight is 331 g/mol. The summed E-state index contributed by atoms with van der Waals surface area (Å²) in [5.74, 6) is 1.12. The number of aromatic nitrogens is 5. The van der Waals surface area contributed by atoms with Gasteiger partial charge >= 0.3 is 0 Å². The Labute approximate surface area is 137 Å². The van der Waals surface area contributed by atoms with E-state index in [1.54, 1.807) is 29.4 Å². The van der Waals surface area contributed by atoms with Crippen LogP contribution in [0.4, 0.5) is 0 Å². The lowest BCUT2D eigenvalue weighted by Gasteiger charge is -2.06. The van der Waals surface area contributed by atoms with E-state index in [-0.39, 0.29) is 0 Å². The largest absolute Gasteiger partial charge is 0.306 e. The van der Waals surface area contributed by atoms with E-state index in [9.17, 15) is 0 Å². The van der Waals surface area contributed by atoms with E-state index in [4.69, 9.17) is 0 Å². The summed E-state index contributed by atoms with van der Waals surface area (Å²) in [6.45, 7) is 3.19. The summed E-state index contributed by atoms with van der Waals surface area (Å²) >= 11 is 3.37. The molecule has 0 radical (unpaired) electrons. The maximum atomic E-state index is 4.48. The molecule has 0 bridgehead atoms. The van der Waals surface area contributed by atoms with Crippen molar-refractivity contribution in [2.75, 3.05) is 0 Å². The number of rotatable bonds is 3. The van der Waals surface area contributed by atoms with Crippen molar-refractivity contribution in [1.82, 2.24) is 24.7 Å². The Balaban J connectivity index is 1.72. The van der Waals surface area contributed by atoms with E-state index in [2.05, 4.69) is 37.7 Å². The number of aryl methyl sites for hydroxylation is 2. The maximum Gasteiger partial charge on any atom is 0.197 e. The van der Waals surface area contributed by atoms with E-state index in [1.807, 2.05) is 0 Å². The predicted molar refractivity (Wildman–Crippen MR) is 88.5 cm³/mol. The molecule has 0 spiro atoms. The molecule has 7 heteroatoms. The zero-order valence-electron chi connectivity index (χ0n) is 12.4. The van der Waals surface area contributed by atoms with Gasteiger partial charge in [-0.05, 0) is 37.1 Å². The topological polar surface area (TPSA) is 56.5 Å². The van der Waals surface area contributed by atoms with Crippen LogP contribution in [-0.4, -0.2) is 24.7 Å². The van der Waals surface area contributed by atoms with Gasteiger partial charge in [0.05, 0.1) is 0 Å². The highest BCUT2D eigenvalue weighted by atomic mass is 32.2. The Morgan fingerprint density at radius 1 is 1.23 bits per heavy atom. The van der Waals surface area contributed by atoms with Gasteiger partial charge in [0.15, 0.2) is 5.16 Å². The van der Waals surface area contributed by atoms with E-state index < -0.39 is 0 Å². The SMILES string of the molecule is CCc1cc2c(Sc3nnc4n3CCCCC4)ncnc2s1. The number of hydrogen-bond acceptors (Lipinski definition) is 6. The predicted octanol–water partition coefficient (Wildman–Crippen LogP) is 3.72. The summed E-state index contributed by atoms with van der Waals surface area (Å²) < 4.78 is 2.26. The van der Waals surface area contributed by atoms with Gasteiger partial charge in [0.1, 0.15) is 22.0 Å². The fraction of sp³-hybridized carbons (Fsp3) is 0.467. The fourth-order valence-corrected chi connectivity index (χ4v) is 4.69. The summed E-state index contributed by atoms with van der Waals surface area (Å²) in [5.41, 5.74) is 0. The smallest absolute Gasteiger partial charge is 0.197 e.